The predicted molar refractivity (Wildman–Crippen MR) is 130 cm³/mol. The zero-order valence-electron chi connectivity index (χ0n) is 20.4. The predicted octanol–water partition coefficient (Wildman–Crippen LogP) is 2.34. The SMILES string of the molecule is N#C[C@@H]1C[C@@]2(CN1C(=O)[C@H](CC1CC1)NC(=O)C(=O)Nc1ccc(C(F)(F)F)nc1)C(=O)Nc1ccccc12. The molecule has 2 fully saturated rings. The average molecular weight is 541 g/mol. The average Bonchev–Trinajstić information content (AvgIpc) is 3.57. The molecule has 5 rings (SSSR count). The number of rotatable bonds is 5. The minimum atomic E-state index is -4.66. The fourth-order valence-electron chi connectivity index (χ4n) is 5.14. The van der Waals surface area contributed by atoms with Crippen LogP contribution in [0.15, 0.2) is 42.6 Å². The van der Waals surface area contributed by atoms with E-state index in [0.717, 1.165) is 25.1 Å². The van der Waals surface area contributed by atoms with Gasteiger partial charge in [-0.1, -0.05) is 31.0 Å². The molecule has 3 aliphatic rings. The van der Waals surface area contributed by atoms with E-state index in [-0.39, 0.29) is 36.9 Å². The van der Waals surface area contributed by atoms with Crippen molar-refractivity contribution in [2.45, 2.75) is 49.4 Å². The summed E-state index contributed by atoms with van der Waals surface area (Å²) in [6, 6.07) is 8.71. The Morgan fingerprint density at radius 2 is 1.92 bits per heavy atom. The molecule has 0 unspecified atom stereocenters. The number of nitriles is 1. The van der Waals surface area contributed by atoms with Gasteiger partial charge in [-0.25, -0.2) is 4.98 Å². The molecule has 13 heteroatoms. The number of carbonyl (C=O) groups is 4. The summed E-state index contributed by atoms with van der Waals surface area (Å²) < 4.78 is 38.2. The third-order valence-electron chi connectivity index (χ3n) is 7.30. The van der Waals surface area contributed by atoms with Gasteiger partial charge in [0.05, 0.1) is 23.4 Å². The van der Waals surface area contributed by atoms with E-state index in [9.17, 15) is 37.6 Å². The number of hydrogen-bond acceptors (Lipinski definition) is 6. The number of halogens is 3. The van der Waals surface area contributed by atoms with Crippen LogP contribution in [0, 0.1) is 17.2 Å². The summed E-state index contributed by atoms with van der Waals surface area (Å²) in [6.07, 6.45) is -1.89. The van der Waals surface area contributed by atoms with Crippen molar-refractivity contribution in [3.05, 3.63) is 53.9 Å². The zero-order chi connectivity index (χ0) is 27.9. The van der Waals surface area contributed by atoms with Gasteiger partial charge in [0.25, 0.3) is 0 Å². The Balaban J connectivity index is 1.31. The molecule has 202 valence electrons. The molecule has 10 nitrogen and oxygen atoms in total. The lowest BCUT2D eigenvalue weighted by molar-refractivity contribution is -0.141. The van der Waals surface area contributed by atoms with E-state index in [1.165, 1.54) is 4.90 Å². The smallest absolute Gasteiger partial charge is 0.336 e. The van der Waals surface area contributed by atoms with Crippen LogP contribution < -0.4 is 16.0 Å². The molecular formula is C26H23F3N6O4. The molecule has 0 radical (unpaired) electrons. The quantitative estimate of drug-likeness (QED) is 0.497. The van der Waals surface area contributed by atoms with Crippen LogP contribution in [0.5, 0.6) is 0 Å². The summed E-state index contributed by atoms with van der Waals surface area (Å²) in [5, 5.41) is 17.2. The highest BCUT2D eigenvalue weighted by Crippen LogP contribution is 2.46. The monoisotopic (exact) mass is 540 g/mol. The van der Waals surface area contributed by atoms with Crippen LogP contribution in [0.4, 0.5) is 24.5 Å². The lowest BCUT2D eigenvalue weighted by Crippen LogP contribution is -2.53. The number of fused-ring (bicyclic) bond motifs is 2. The second-order valence-electron chi connectivity index (χ2n) is 9.99. The summed E-state index contributed by atoms with van der Waals surface area (Å²) in [6.45, 7) is -0.0621. The Labute approximate surface area is 220 Å². The van der Waals surface area contributed by atoms with E-state index in [0.29, 0.717) is 17.3 Å². The van der Waals surface area contributed by atoms with E-state index in [1.54, 1.807) is 24.3 Å². The standard InChI is InChI=1S/C26H23F3N6O4/c27-26(28,29)20-8-7-15(12-31-20)32-21(36)22(37)33-19(9-14-5-6-14)23(38)35-13-25(10-16(35)11-30)17-3-1-2-4-18(17)34-24(25)39/h1-4,7-8,12,14,16,19H,5-6,9-10,13H2,(H,32,36)(H,33,37)(H,34,39)/t16-,19-,25-/m0/s1. The van der Waals surface area contributed by atoms with Crippen molar-refractivity contribution < 1.29 is 32.3 Å². The maximum absolute atomic E-state index is 13.7. The Hall–Kier alpha value is -4.47. The van der Waals surface area contributed by atoms with Gasteiger partial charge in [-0.05, 0) is 36.1 Å². The second-order valence-corrected chi connectivity index (χ2v) is 9.99. The summed E-state index contributed by atoms with van der Waals surface area (Å²) in [4.78, 5) is 56.4. The van der Waals surface area contributed by atoms with Gasteiger partial charge in [0, 0.05) is 18.7 Å². The number of hydrogen-bond donors (Lipinski definition) is 3. The molecule has 1 saturated heterocycles. The van der Waals surface area contributed by atoms with Gasteiger partial charge in [0.1, 0.15) is 17.8 Å². The molecule has 39 heavy (non-hydrogen) atoms. The minimum absolute atomic E-state index is 0.0621. The number of pyridine rings is 1. The van der Waals surface area contributed by atoms with Crippen molar-refractivity contribution >= 4 is 35.0 Å². The van der Waals surface area contributed by atoms with E-state index in [1.807, 2.05) is 0 Å². The maximum atomic E-state index is 13.7. The number of nitrogens with zero attached hydrogens (tertiary/aromatic N) is 3. The molecule has 3 atom stereocenters. The molecule has 1 saturated carbocycles. The summed E-state index contributed by atoms with van der Waals surface area (Å²) in [7, 11) is 0. The Bertz CT molecular complexity index is 1390. The molecular weight excluding hydrogens is 517 g/mol. The van der Waals surface area contributed by atoms with Crippen LogP contribution in [0.25, 0.3) is 0 Å². The fourth-order valence-corrected chi connectivity index (χ4v) is 5.14. The van der Waals surface area contributed by atoms with E-state index in [4.69, 9.17) is 0 Å². The van der Waals surface area contributed by atoms with E-state index < -0.39 is 47.1 Å². The molecule has 3 N–H and O–H groups in total. The van der Waals surface area contributed by atoms with E-state index in [2.05, 4.69) is 27.0 Å². The highest BCUT2D eigenvalue weighted by atomic mass is 19.4. The van der Waals surface area contributed by atoms with Crippen molar-refractivity contribution in [2.75, 3.05) is 17.2 Å². The molecule has 0 bridgehead atoms. The first-order valence-corrected chi connectivity index (χ1v) is 12.3. The Kier molecular flexibility index (Phi) is 6.49. The lowest BCUT2D eigenvalue weighted by atomic mass is 9.80. The molecule has 2 aliphatic heterocycles. The van der Waals surface area contributed by atoms with Crippen LogP contribution >= 0.6 is 0 Å². The number of para-hydroxylation sites is 1. The van der Waals surface area contributed by atoms with Crippen LogP contribution in [0.1, 0.15) is 36.9 Å². The molecule has 1 aliphatic carbocycles. The minimum Gasteiger partial charge on any atom is -0.336 e. The first kappa shape index (κ1) is 26.1. The highest BCUT2D eigenvalue weighted by molar-refractivity contribution is 6.40. The largest absolute Gasteiger partial charge is 0.433 e. The van der Waals surface area contributed by atoms with Gasteiger partial charge in [0.15, 0.2) is 0 Å². The van der Waals surface area contributed by atoms with Gasteiger partial charge < -0.3 is 20.9 Å². The number of benzene rings is 1. The third-order valence-corrected chi connectivity index (χ3v) is 7.30. The maximum Gasteiger partial charge on any atom is 0.433 e. The summed E-state index contributed by atoms with van der Waals surface area (Å²) in [5.74, 6) is -3.11. The zero-order valence-corrected chi connectivity index (χ0v) is 20.4. The molecule has 3 heterocycles. The molecule has 1 aromatic carbocycles. The van der Waals surface area contributed by atoms with Crippen LogP contribution in [0.3, 0.4) is 0 Å². The molecule has 4 amide bonds. The second kappa shape index (κ2) is 9.68. The van der Waals surface area contributed by atoms with Gasteiger partial charge in [0.2, 0.25) is 11.8 Å². The van der Waals surface area contributed by atoms with Crippen LogP contribution in [0.2, 0.25) is 0 Å². The first-order valence-electron chi connectivity index (χ1n) is 12.3. The number of likely N-dealkylation sites (tertiary alicyclic amines) is 1. The number of carbonyl (C=O) groups excluding carboxylic acids is 4. The fraction of sp³-hybridized carbons (Fsp3) is 0.385. The summed E-state index contributed by atoms with van der Waals surface area (Å²) in [5.41, 5.74) is -1.09. The number of alkyl halides is 3. The molecule has 1 aromatic heterocycles. The topological polar surface area (TPSA) is 144 Å². The van der Waals surface area contributed by atoms with Crippen molar-refractivity contribution in [1.29, 1.82) is 5.26 Å². The van der Waals surface area contributed by atoms with Crippen molar-refractivity contribution in [2.24, 2.45) is 5.92 Å². The third kappa shape index (κ3) is 5.01. The van der Waals surface area contributed by atoms with Crippen LogP contribution in [-0.2, 0) is 30.8 Å². The van der Waals surface area contributed by atoms with Crippen molar-refractivity contribution in [1.82, 2.24) is 15.2 Å². The van der Waals surface area contributed by atoms with Gasteiger partial charge in [-0.15, -0.1) is 0 Å². The number of nitrogens with one attached hydrogen (secondary N) is 3. The number of anilines is 2. The lowest BCUT2D eigenvalue weighted by Gasteiger charge is -2.27. The van der Waals surface area contributed by atoms with Crippen molar-refractivity contribution in [3.8, 4) is 6.07 Å². The normalized spacial score (nSPS) is 22.6. The highest BCUT2D eigenvalue weighted by Gasteiger charge is 2.56. The number of aromatic nitrogens is 1. The van der Waals surface area contributed by atoms with Crippen molar-refractivity contribution in [3.63, 3.8) is 0 Å². The molecule has 1 spiro atoms. The Morgan fingerprint density at radius 3 is 2.56 bits per heavy atom. The molecule has 2 aromatic rings. The van der Waals surface area contributed by atoms with Gasteiger partial charge in [-0.3, -0.25) is 19.2 Å². The first-order chi connectivity index (χ1) is 18.5. The Morgan fingerprint density at radius 1 is 1.18 bits per heavy atom. The van der Waals surface area contributed by atoms with Gasteiger partial charge in [-0.2, -0.15) is 18.4 Å². The van der Waals surface area contributed by atoms with Gasteiger partial charge >= 0.3 is 18.0 Å². The van der Waals surface area contributed by atoms with Crippen LogP contribution in [-0.4, -0.2) is 52.1 Å². The summed E-state index contributed by atoms with van der Waals surface area (Å²) >= 11 is 0. The number of amides is 4. The van der Waals surface area contributed by atoms with E-state index >= 15 is 0 Å².